The van der Waals surface area contributed by atoms with Crippen molar-refractivity contribution in [1.29, 1.82) is 0 Å². The Bertz CT molecular complexity index is 747. The lowest BCUT2D eigenvalue weighted by atomic mass is 10.2. The molecule has 0 saturated heterocycles. The summed E-state index contributed by atoms with van der Waals surface area (Å²) in [5.41, 5.74) is 0.690. The Morgan fingerprint density at radius 3 is 3.09 bits per heavy atom. The van der Waals surface area contributed by atoms with Crippen molar-refractivity contribution < 1.29 is 18.7 Å². The van der Waals surface area contributed by atoms with Crippen LogP contribution >= 0.6 is 11.3 Å². The second-order valence-corrected chi connectivity index (χ2v) is 5.92. The van der Waals surface area contributed by atoms with Gasteiger partial charge in [-0.2, -0.15) is 0 Å². The first-order valence-electron chi connectivity index (χ1n) is 7.08. The summed E-state index contributed by atoms with van der Waals surface area (Å²) in [5, 5.41) is 5.69. The number of fused-ring (bicyclic) bond motifs is 1. The highest BCUT2D eigenvalue weighted by Crippen LogP contribution is 2.25. The van der Waals surface area contributed by atoms with Crippen LogP contribution in [0.1, 0.15) is 21.8 Å². The number of benzene rings is 1. The van der Waals surface area contributed by atoms with E-state index in [0.29, 0.717) is 28.7 Å². The number of halogens is 1. The topological polar surface area (TPSA) is 80.3 Å². The molecule has 2 N–H and O–H groups in total. The minimum atomic E-state index is -0.530. The minimum Gasteiger partial charge on any atom is -0.481 e. The van der Waals surface area contributed by atoms with Gasteiger partial charge < -0.3 is 10.1 Å². The Kier molecular flexibility index (Phi) is 4.52. The average molecular weight is 335 g/mol. The number of amides is 2. The summed E-state index contributed by atoms with van der Waals surface area (Å²) < 4.78 is 18.5. The fourth-order valence-corrected chi connectivity index (χ4v) is 3.09. The summed E-state index contributed by atoms with van der Waals surface area (Å²) in [6.07, 6.45) is 1.50. The van der Waals surface area contributed by atoms with Crippen LogP contribution in [0.25, 0.3) is 0 Å². The number of hydrogen-bond acceptors (Lipinski definition) is 5. The molecule has 0 atom stereocenters. The Hall–Kier alpha value is -2.48. The van der Waals surface area contributed by atoms with Gasteiger partial charge >= 0.3 is 0 Å². The van der Waals surface area contributed by atoms with Gasteiger partial charge in [0.05, 0.1) is 5.69 Å². The fraction of sp³-hybridized carbons (Fsp3) is 0.267. The number of anilines is 1. The predicted molar refractivity (Wildman–Crippen MR) is 83.3 cm³/mol. The summed E-state index contributed by atoms with van der Waals surface area (Å²) in [6, 6.07) is 5.85. The van der Waals surface area contributed by atoms with Crippen molar-refractivity contribution in [2.75, 3.05) is 18.5 Å². The lowest BCUT2D eigenvalue weighted by Crippen LogP contribution is -2.22. The summed E-state index contributed by atoms with van der Waals surface area (Å²) >= 11 is 1.13. The Morgan fingerprint density at radius 1 is 1.43 bits per heavy atom. The molecule has 6 nitrogen and oxygen atoms in total. The highest BCUT2D eigenvalue weighted by molar-refractivity contribution is 7.17. The Balaban J connectivity index is 1.61. The van der Waals surface area contributed by atoms with Crippen molar-refractivity contribution in [2.45, 2.75) is 12.8 Å². The normalized spacial score (nSPS) is 13.7. The number of ether oxygens (including phenoxy) is 1. The van der Waals surface area contributed by atoms with Gasteiger partial charge in [0.2, 0.25) is 0 Å². The molecule has 1 aromatic carbocycles. The summed E-state index contributed by atoms with van der Waals surface area (Å²) in [5.74, 6) is -1.15. The largest absolute Gasteiger partial charge is 0.481 e. The summed E-state index contributed by atoms with van der Waals surface area (Å²) in [6.45, 7) is 0.289. The lowest BCUT2D eigenvalue weighted by Gasteiger charge is -2.06. The molecule has 2 heterocycles. The molecule has 0 bridgehead atoms. The highest BCUT2D eigenvalue weighted by Gasteiger charge is 2.21. The van der Waals surface area contributed by atoms with Crippen molar-refractivity contribution in [3.05, 3.63) is 40.7 Å². The van der Waals surface area contributed by atoms with E-state index in [1.165, 1.54) is 18.2 Å². The lowest BCUT2D eigenvalue weighted by molar-refractivity contribution is -0.118. The minimum absolute atomic E-state index is 0.0111. The van der Waals surface area contributed by atoms with Crippen molar-refractivity contribution in [3.63, 3.8) is 0 Å². The van der Waals surface area contributed by atoms with Crippen LogP contribution in [-0.2, 0) is 11.2 Å². The van der Waals surface area contributed by atoms with Crippen LogP contribution in [-0.4, -0.2) is 29.9 Å². The van der Waals surface area contributed by atoms with Crippen LogP contribution in [0.15, 0.2) is 24.3 Å². The molecule has 0 fully saturated rings. The van der Waals surface area contributed by atoms with E-state index in [0.717, 1.165) is 17.8 Å². The number of nitrogens with one attached hydrogen (secondary N) is 2. The molecule has 23 heavy (non-hydrogen) atoms. The van der Waals surface area contributed by atoms with Crippen LogP contribution in [0.2, 0.25) is 0 Å². The first kappa shape index (κ1) is 15.4. The van der Waals surface area contributed by atoms with Gasteiger partial charge in [-0.1, -0.05) is 23.5 Å². The van der Waals surface area contributed by atoms with Gasteiger partial charge in [0.15, 0.2) is 23.3 Å². The van der Waals surface area contributed by atoms with E-state index in [4.69, 9.17) is 4.74 Å². The maximum absolute atomic E-state index is 13.4. The fourth-order valence-electron chi connectivity index (χ4n) is 2.15. The molecule has 0 aliphatic carbocycles. The standard InChI is InChI=1S/C15H14FN3O3S/c16-9-4-1-2-6-11(9)22-8-12(20)19-15-18-10-5-3-7-17-14(21)13(10)23-15/h1-2,4,6H,3,5,7-8H2,(H,17,21)(H,18,19,20). The van der Waals surface area contributed by atoms with E-state index < -0.39 is 11.7 Å². The summed E-state index contributed by atoms with van der Waals surface area (Å²) in [7, 11) is 0. The van der Waals surface area contributed by atoms with Crippen LogP contribution in [0.4, 0.5) is 9.52 Å². The number of aryl methyl sites for hydroxylation is 1. The third-order valence-electron chi connectivity index (χ3n) is 3.22. The second-order valence-electron chi connectivity index (χ2n) is 4.92. The molecule has 3 rings (SSSR count). The smallest absolute Gasteiger partial charge is 0.264 e. The van der Waals surface area contributed by atoms with Gasteiger partial charge in [0, 0.05) is 6.54 Å². The van der Waals surface area contributed by atoms with E-state index in [-0.39, 0.29) is 18.3 Å². The molecule has 0 unspecified atom stereocenters. The SMILES string of the molecule is O=C(COc1ccccc1F)Nc1nc2c(s1)C(=O)NCCC2. The van der Waals surface area contributed by atoms with Gasteiger partial charge in [0.1, 0.15) is 4.88 Å². The van der Waals surface area contributed by atoms with Gasteiger partial charge in [-0.05, 0) is 25.0 Å². The Labute approximate surface area is 135 Å². The van der Waals surface area contributed by atoms with Gasteiger partial charge in [-0.25, -0.2) is 9.37 Å². The summed E-state index contributed by atoms with van der Waals surface area (Å²) in [4.78, 5) is 28.5. The van der Waals surface area contributed by atoms with Gasteiger partial charge in [-0.3, -0.25) is 14.9 Å². The number of carbonyl (C=O) groups excluding carboxylic acids is 2. The molecule has 0 radical (unpaired) electrons. The molecule has 2 aromatic rings. The molecule has 1 aliphatic rings. The number of thiazole rings is 1. The third-order valence-corrected chi connectivity index (χ3v) is 4.23. The van der Waals surface area contributed by atoms with Gasteiger partial charge in [-0.15, -0.1) is 0 Å². The van der Waals surface area contributed by atoms with Crippen molar-refractivity contribution in [3.8, 4) is 5.75 Å². The van der Waals surface area contributed by atoms with E-state index in [2.05, 4.69) is 15.6 Å². The van der Waals surface area contributed by atoms with E-state index in [9.17, 15) is 14.0 Å². The average Bonchev–Trinajstić information content (AvgIpc) is 2.85. The second kappa shape index (κ2) is 6.74. The Morgan fingerprint density at radius 2 is 2.26 bits per heavy atom. The zero-order valence-corrected chi connectivity index (χ0v) is 12.9. The highest BCUT2D eigenvalue weighted by atomic mass is 32.1. The zero-order chi connectivity index (χ0) is 16.2. The number of hydrogen-bond donors (Lipinski definition) is 2. The third kappa shape index (κ3) is 3.65. The van der Waals surface area contributed by atoms with Crippen LogP contribution in [0.5, 0.6) is 5.75 Å². The molecule has 8 heteroatoms. The quantitative estimate of drug-likeness (QED) is 0.895. The van der Waals surface area contributed by atoms with Crippen LogP contribution in [0.3, 0.4) is 0 Å². The predicted octanol–water partition coefficient (Wildman–Crippen LogP) is 1.98. The van der Waals surface area contributed by atoms with Crippen molar-refractivity contribution in [1.82, 2.24) is 10.3 Å². The number of nitrogens with zero attached hydrogens (tertiary/aromatic N) is 1. The maximum Gasteiger partial charge on any atom is 0.264 e. The first-order valence-corrected chi connectivity index (χ1v) is 7.90. The maximum atomic E-state index is 13.4. The monoisotopic (exact) mass is 335 g/mol. The molecule has 0 saturated carbocycles. The van der Waals surface area contributed by atoms with Gasteiger partial charge in [0.25, 0.3) is 11.8 Å². The molecule has 1 aromatic heterocycles. The molecular weight excluding hydrogens is 321 g/mol. The van der Waals surface area contributed by atoms with E-state index >= 15 is 0 Å². The number of rotatable bonds is 4. The van der Waals surface area contributed by atoms with Crippen molar-refractivity contribution >= 4 is 28.3 Å². The first-order chi connectivity index (χ1) is 11.1. The molecule has 120 valence electrons. The molecule has 1 aliphatic heterocycles. The van der Waals surface area contributed by atoms with Crippen LogP contribution < -0.4 is 15.4 Å². The van der Waals surface area contributed by atoms with Crippen molar-refractivity contribution in [2.24, 2.45) is 0 Å². The van der Waals surface area contributed by atoms with E-state index in [1.54, 1.807) is 6.07 Å². The zero-order valence-electron chi connectivity index (χ0n) is 12.1. The molecule has 2 amide bonds. The number of aromatic nitrogens is 1. The molecule has 0 spiro atoms. The molecular formula is C15H14FN3O3S. The van der Waals surface area contributed by atoms with E-state index in [1.807, 2.05) is 0 Å². The van der Waals surface area contributed by atoms with Crippen LogP contribution in [0, 0.1) is 5.82 Å². The number of para-hydroxylation sites is 1. The number of carbonyl (C=O) groups is 2.